The minimum Gasteiger partial charge on any atom is -0.477 e. The van der Waals surface area contributed by atoms with Crippen molar-refractivity contribution in [3.63, 3.8) is 0 Å². The number of benzene rings is 2. The normalized spacial score (nSPS) is 16.5. The van der Waals surface area contributed by atoms with Gasteiger partial charge in [0.1, 0.15) is 17.5 Å². The third-order valence-electron chi connectivity index (χ3n) is 8.22. The summed E-state index contributed by atoms with van der Waals surface area (Å²) < 4.78 is 13.3. The van der Waals surface area contributed by atoms with E-state index >= 15 is 0 Å². The molecule has 4 aromatic rings. The molecule has 0 amide bonds. The zero-order valence-electron chi connectivity index (χ0n) is 23.3. The van der Waals surface area contributed by atoms with Crippen molar-refractivity contribution < 1.29 is 18.7 Å². The standard InChI is InChI=1S/C32H36N2O4Si/c1-32(2,3)39(4,5)38-29(30-33-20-28(37-30)26-12-9-13-27(34-26)31(35)36)25-17-16-23-18-22(14-15-24(23)19-25)21-10-7-6-8-11-21/h6-15,18,20,25,29H,16-17,19H2,1-5H3,(H,35,36). The fourth-order valence-corrected chi connectivity index (χ4v) is 6.20. The van der Waals surface area contributed by atoms with Crippen molar-refractivity contribution >= 4 is 14.3 Å². The van der Waals surface area contributed by atoms with Crippen molar-refractivity contribution in [1.29, 1.82) is 0 Å². The van der Waals surface area contributed by atoms with Crippen LogP contribution in [0.5, 0.6) is 0 Å². The van der Waals surface area contributed by atoms with Gasteiger partial charge < -0.3 is 13.9 Å². The Labute approximate surface area is 231 Å². The van der Waals surface area contributed by atoms with Crippen molar-refractivity contribution in [2.45, 2.75) is 64.3 Å². The molecule has 1 N–H and O–H groups in total. The predicted octanol–water partition coefficient (Wildman–Crippen LogP) is 7.97. The van der Waals surface area contributed by atoms with Crippen LogP contribution in [0.15, 0.2) is 77.3 Å². The molecule has 0 bridgehead atoms. The van der Waals surface area contributed by atoms with Gasteiger partial charge in [0.05, 0.1) is 6.20 Å². The first-order valence-electron chi connectivity index (χ1n) is 13.5. The number of hydrogen-bond acceptors (Lipinski definition) is 5. The van der Waals surface area contributed by atoms with Gasteiger partial charge in [-0.25, -0.2) is 14.8 Å². The third kappa shape index (κ3) is 5.75. The van der Waals surface area contributed by atoms with Crippen LogP contribution in [0.25, 0.3) is 22.6 Å². The Kier molecular flexibility index (Phi) is 7.31. The van der Waals surface area contributed by atoms with E-state index in [1.807, 2.05) is 6.07 Å². The fraction of sp³-hybridized carbons (Fsp3) is 0.344. The maximum atomic E-state index is 11.4. The first-order valence-corrected chi connectivity index (χ1v) is 16.4. The smallest absolute Gasteiger partial charge is 0.354 e. The minimum absolute atomic E-state index is 0.0230. The minimum atomic E-state index is -2.17. The van der Waals surface area contributed by atoms with Gasteiger partial charge >= 0.3 is 5.97 Å². The highest BCUT2D eigenvalue weighted by molar-refractivity contribution is 6.74. The number of carboxylic acid groups (broad SMARTS) is 1. The predicted molar refractivity (Wildman–Crippen MR) is 155 cm³/mol. The molecular formula is C32H36N2O4Si. The number of fused-ring (bicyclic) bond motifs is 1. The zero-order valence-corrected chi connectivity index (χ0v) is 24.3. The molecule has 202 valence electrons. The van der Waals surface area contributed by atoms with Gasteiger partial charge in [-0.15, -0.1) is 0 Å². The number of hydrogen-bond donors (Lipinski definition) is 1. The van der Waals surface area contributed by atoms with E-state index in [2.05, 4.69) is 86.3 Å². The Morgan fingerprint density at radius 1 is 1.03 bits per heavy atom. The molecule has 2 atom stereocenters. The van der Waals surface area contributed by atoms with E-state index in [4.69, 9.17) is 8.84 Å². The summed E-state index contributed by atoms with van der Waals surface area (Å²) in [4.78, 5) is 20.3. The van der Waals surface area contributed by atoms with Gasteiger partial charge in [-0.2, -0.15) is 0 Å². The van der Waals surface area contributed by atoms with Gasteiger partial charge in [-0.3, -0.25) is 0 Å². The van der Waals surface area contributed by atoms with Crippen LogP contribution in [-0.2, 0) is 17.3 Å². The zero-order chi connectivity index (χ0) is 27.8. The molecule has 1 aliphatic carbocycles. The average molecular weight is 541 g/mol. The number of carbonyl (C=O) groups is 1. The van der Waals surface area contributed by atoms with Gasteiger partial charge in [0.15, 0.2) is 14.1 Å². The number of pyridine rings is 1. The monoisotopic (exact) mass is 540 g/mol. The summed E-state index contributed by atoms with van der Waals surface area (Å²) in [7, 11) is -2.17. The molecule has 0 saturated carbocycles. The first kappa shape index (κ1) is 27.0. The second kappa shape index (κ2) is 10.5. The molecule has 2 heterocycles. The summed E-state index contributed by atoms with van der Waals surface area (Å²) in [5.41, 5.74) is 5.63. The highest BCUT2D eigenvalue weighted by Crippen LogP contribution is 2.45. The summed E-state index contributed by atoms with van der Waals surface area (Å²) in [6.45, 7) is 11.2. The molecule has 2 aromatic heterocycles. The van der Waals surface area contributed by atoms with E-state index in [1.165, 1.54) is 28.3 Å². The van der Waals surface area contributed by atoms with Crippen LogP contribution in [0, 0.1) is 5.92 Å². The highest BCUT2D eigenvalue weighted by atomic mass is 28.4. The number of aryl methyl sites for hydroxylation is 1. The largest absolute Gasteiger partial charge is 0.477 e. The molecule has 5 rings (SSSR count). The lowest BCUT2D eigenvalue weighted by Gasteiger charge is -2.41. The summed E-state index contributed by atoms with van der Waals surface area (Å²) in [6, 6.07) is 22.2. The number of aromatic nitrogens is 2. The summed E-state index contributed by atoms with van der Waals surface area (Å²) in [6.07, 6.45) is 4.15. The van der Waals surface area contributed by atoms with Crippen LogP contribution in [0.4, 0.5) is 0 Å². The highest BCUT2D eigenvalue weighted by Gasteiger charge is 2.43. The molecule has 0 radical (unpaired) electrons. The summed E-state index contributed by atoms with van der Waals surface area (Å²) in [5.74, 6) is 0.110. The van der Waals surface area contributed by atoms with E-state index in [-0.39, 0.29) is 22.8 Å². The summed E-state index contributed by atoms with van der Waals surface area (Å²) in [5, 5.41) is 9.38. The van der Waals surface area contributed by atoms with Crippen molar-refractivity contribution in [2.24, 2.45) is 5.92 Å². The topological polar surface area (TPSA) is 85.5 Å². The van der Waals surface area contributed by atoms with Gasteiger partial charge in [0.2, 0.25) is 5.89 Å². The maximum absolute atomic E-state index is 11.4. The Morgan fingerprint density at radius 2 is 1.79 bits per heavy atom. The number of nitrogens with zero attached hydrogens (tertiary/aromatic N) is 2. The molecule has 1 aliphatic rings. The molecule has 0 spiro atoms. The van der Waals surface area contributed by atoms with E-state index < -0.39 is 14.3 Å². The quantitative estimate of drug-likeness (QED) is 0.239. The first-order chi connectivity index (χ1) is 18.5. The molecule has 6 nitrogen and oxygen atoms in total. The second-order valence-corrected chi connectivity index (χ2v) is 16.7. The van der Waals surface area contributed by atoms with Crippen LogP contribution in [-0.4, -0.2) is 29.4 Å². The van der Waals surface area contributed by atoms with Crippen LogP contribution in [0.2, 0.25) is 18.1 Å². The van der Waals surface area contributed by atoms with Crippen LogP contribution < -0.4 is 0 Å². The number of rotatable bonds is 7. The van der Waals surface area contributed by atoms with Gasteiger partial charge in [0, 0.05) is 0 Å². The molecule has 0 saturated heterocycles. The molecule has 7 heteroatoms. The molecule has 0 aliphatic heterocycles. The second-order valence-electron chi connectivity index (χ2n) is 11.9. The van der Waals surface area contributed by atoms with Gasteiger partial charge in [0.25, 0.3) is 0 Å². The molecule has 0 fully saturated rings. The third-order valence-corrected chi connectivity index (χ3v) is 12.7. The van der Waals surface area contributed by atoms with Gasteiger partial charge in [-0.05, 0) is 77.7 Å². The molecular weight excluding hydrogens is 504 g/mol. The average Bonchev–Trinajstić information content (AvgIpc) is 3.41. The van der Waals surface area contributed by atoms with Crippen molar-refractivity contribution in [3.8, 4) is 22.6 Å². The van der Waals surface area contributed by atoms with Crippen molar-refractivity contribution in [3.05, 3.63) is 95.6 Å². The molecule has 39 heavy (non-hydrogen) atoms. The Bertz CT molecular complexity index is 1470. The van der Waals surface area contributed by atoms with Crippen molar-refractivity contribution in [2.75, 3.05) is 0 Å². The summed E-state index contributed by atoms with van der Waals surface area (Å²) >= 11 is 0. The molecule has 2 aromatic carbocycles. The maximum Gasteiger partial charge on any atom is 0.354 e. The lowest BCUT2D eigenvalue weighted by Crippen LogP contribution is -2.43. The Hall–Kier alpha value is -3.55. The SMILES string of the molecule is CC(C)(C)[Si](C)(C)OC(c1ncc(-c2cccc(C(=O)O)n2)o1)C1CCc2cc(-c3ccccc3)ccc2C1. The van der Waals surface area contributed by atoms with Gasteiger partial charge in [-0.1, -0.05) is 75.4 Å². The van der Waals surface area contributed by atoms with E-state index in [0.29, 0.717) is 17.3 Å². The molecule has 2 unspecified atom stereocenters. The van der Waals surface area contributed by atoms with E-state index in [1.54, 1.807) is 18.3 Å². The van der Waals surface area contributed by atoms with E-state index in [0.717, 1.165) is 19.3 Å². The Balaban J connectivity index is 1.46. The van der Waals surface area contributed by atoms with Crippen LogP contribution >= 0.6 is 0 Å². The lowest BCUT2D eigenvalue weighted by atomic mass is 9.80. The van der Waals surface area contributed by atoms with Crippen LogP contribution in [0.3, 0.4) is 0 Å². The number of aromatic carboxylic acids is 1. The lowest BCUT2D eigenvalue weighted by molar-refractivity contribution is 0.0690. The number of carboxylic acids is 1. The van der Waals surface area contributed by atoms with E-state index in [9.17, 15) is 9.90 Å². The fourth-order valence-electron chi connectivity index (χ4n) is 4.92. The number of oxazole rings is 1. The van der Waals surface area contributed by atoms with Crippen LogP contribution in [0.1, 0.15) is 60.8 Å². The van der Waals surface area contributed by atoms with Crippen molar-refractivity contribution in [1.82, 2.24) is 9.97 Å². The Morgan fingerprint density at radius 3 is 2.51 bits per heavy atom.